The first-order valence-corrected chi connectivity index (χ1v) is 8.03. The number of hydrogen-bond donors (Lipinski definition) is 0. The first kappa shape index (κ1) is 16.5. The lowest BCUT2D eigenvalue weighted by Crippen LogP contribution is -2.47. The molecule has 126 valence electrons. The predicted octanol–water partition coefficient (Wildman–Crippen LogP) is 2.67. The van der Waals surface area contributed by atoms with E-state index in [1.807, 2.05) is 30.3 Å². The molecule has 0 radical (unpaired) electrons. The smallest absolute Gasteiger partial charge is 0.260 e. The van der Waals surface area contributed by atoms with E-state index in [0.717, 1.165) is 6.42 Å². The fraction of sp³-hybridized carbons (Fsp3) is 0.316. The highest BCUT2D eigenvalue weighted by Gasteiger charge is 2.24. The minimum absolute atomic E-state index is 0.0291. The zero-order valence-electron chi connectivity index (χ0n) is 13.4. The minimum atomic E-state index is -0.464. The van der Waals surface area contributed by atoms with Gasteiger partial charge in [-0.25, -0.2) is 4.39 Å². The van der Waals surface area contributed by atoms with Gasteiger partial charge in [-0.1, -0.05) is 42.5 Å². The van der Waals surface area contributed by atoms with Crippen LogP contribution in [0, 0.1) is 5.82 Å². The first-order chi connectivity index (χ1) is 11.7. The molecule has 1 fully saturated rings. The molecule has 0 aromatic heterocycles. The Morgan fingerprint density at radius 1 is 1.17 bits per heavy atom. The van der Waals surface area contributed by atoms with Crippen LogP contribution < -0.4 is 4.74 Å². The third kappa shape index (κ3) is 4.32. The second kappa shape index (κ2) is 7.93. The molecule has 1 amide bonds. The van der Waals surface area contributed by atoms with E-state index < -0.39 is 5.82 Å². The maximum absolute atomic E-state index is 13.5. The summed E-state index contributed by atoms with van der Waals surface area (Å²) in [6, 6.07) is 16.1. The second-order valence-corrected chi connectivity index (χ2v) is 5.74. The molecule has 1 atom stereocenters. The number of halogens is 1. The van der Waals surface area contributed by atoms with Crippen molar-refractivity contribution in [2.75, 3.05) is 26.3 Å². The largest absolute Gasteiger partial charge is 0.481 e. The van der Waals surface area contributed by atoms with Gasteiger partial charge in [0.2, 0.25) is 0 Å². The van der Waals surface area contributed by atoms with Gasteiger partial charge in [-0.2, -0.15) is 0 Å². The van der Waals surface area contributed by atoms with E-state index in [4.69, 9.17) is 9.47 Å². The van der Waals surface area contributed by atoms with Crippen molar-refractivity contribution in [1.82, 2.24) is 4.90 Å². The number of carbonyl (C=O) groups is 1. The number of para-hydroxylation sites is 1. The van der Waals surface area contributed by atoms with E-state index in [-0.39, 0.29) is 24.4 Å². The highest BCUT2D eigenvalue weighted by Crippen LogP contribution is 2.16. The zero-order valence-corrected chi connectivity index (χ0v) is 13.4. The van der Waals surface area contributed by atoms with E-state index in [0.29, 0.717) is 19.7 Å². The summed E-state index contributed by atoms with van der Waals surface area (Å²) in [7, 11) is 0. The normalized spacial score (nSPS) is 17.5. The Bertz CT molecular complexity index is 677. The number of carbonyl (C=O) groups excluding carboxylic acids is 1. The van der Waals surface area contributed by atoms with Gasteiger partial charge in [0.25, 0.3) is 5.91 Å². The zero-order chi connectivity index (χ0) is 16.8. The van der Waals surface area contributed by atoms with Crippen LogP contribution in [-0.4, -0.2) is 43.2 Å². The molecule has 1 saturated heterocycles. The highest BCUT2D eigenvalue weighted by molar-refractivity contribution is 5.77. The van der Waals surface area contributed by atoms with Crippen LogP contribution in [-0.2, 0) is 16.0 Å². The van der Waals surface area contributed by atoms with Gasteiger partial charge in [0.05, 0.1) is 12.7 Å². The molecule has 24 heavy (non-hydrogen) atoms. The molecular formula is C19H20FNO3. The number of ether oxygens (including phenoxy) is 2. The molecule has 1 unspecified atom stereocenters. The van der Waals surface area contributed by atoms with Crippen molar-refractivity contribution < 1.29 is 18.7 Å². The van der Waals surface area contributed by atoms with E-state index in [1.165, 1.54) is 17.7 Å². The van der Waals surface area contributed by atoms with Crippen LogP contribution in [0.25, 0.3) is 0 Å². The first-order valence-electron chi connectivity index (χ1n) is 8.03. The summed E-state index contributed by atoms with van der Waals surface area (Å²) in [6.07, 6.45) is 0.734. The molecule has 2 aromatic rings. The predicted molar refractivity (Wildman–Crippen MR) is 88.4 cm³/mol. The van der Waals surface area contributed by atoms with Gasteiger partial charge in [-0.15, -0.1) is 0 Å². The van der Waals surface area contributed by atoms with Crippen LogP contribution in [0.1, 0.15) is 5.56 Å². The Kier molecular flexibility index (Phi) is 5.43. The Hall–Kier alpha value is -2.40. The molecule has 1 aliphatic rings. The van der Waals surface area contributed by atoms with Gasteiger partial charge in [-0.05, 0) is 17.7 Å². The van der Waals surface area contributed by atoms with E-state index in [2.05, 4.69) is 0 Å². The average molecular weight is 329 g/mol. The summed E-state index contributed by atoms with van der Waals surface area (Å²) >= 11 is 0. The van der Waals surface area contributed by atoms with Crippen LogP contribution >= 0.6 is 0 Å². The summed E-state index contributed by atoms with van der Waals surface area (Å²) in [5, 5.41) is 0. The monoisotopic (exact) mass is 329 g/mol. The van der Waals surface area contributed by atoms with Gasteiger partial charge >= 0.3 is 0 Å². The molecule has 4 nitrogen and oxygen atoms in total. The van der Waals surface area contributed by atoms with Crippen LogP contribution in [0.3, 0.4) is 0 Å². The van der Waals surface area contributed by atoms with Crippen LogP contribution in [0.5, 0.6) is 5.75 Å². The van der Waals surface area contributed by atoms with E-state index >= 15 is 0 Å². The van der Waals surface area contributed by atoms with Crippen molar-refractivity contribution in [2.24, 2.45) is 0 Å². The number of hydrogen-bond acceptors (Lipinski definition) is 3. The lowest BCUT2D eigenvalue weighted by molar-refractivity contribution is -0.140. The number of morpholine rings is 1. The van der Waals surface area contributed by atoms with Crippen molar-refractivity contribution in [2.45, 2.75) is 12.5 Å². The molecule has 2 aromatic carbocycles. The third-order valence-corrected chi connectivity index (χ3v) is 3.99. The Morgan fingerprint density at radius 3 is 2.71 bits per heavy atom. The van der Waals surface area contributed by atoms with Crippen molar-refractivity contribution in [3.05, 3.63) is 66.0 Å². The SMILES string of the molecule is O=C(COc1ccccc1F)N1CCOC(Cc2ccccc2)C1. The van der Waals surface area contributed by atoms with Gasteiger partial charge in [0.1, 0.15) is 0 Å². The number of rotatable bonds is 5. The maximum Gasteiger partial charge on any atom is 0.260 e. The molecule has 1 aliphatic heterocycles. The van der Waals surface area contributed by atoms with Crippen molar-refractivity contribution in [1.29, 1.82) is 0 Å². The minimum Gasteiger partial charge on any atom is -0.481 e. The Labute approximate surface area is 140 Å². The average Bonchev–Trinajstić information content (AvgIpc) is 2.62. The summed E-state index contributed by atoms with van der Waals surface area (Å²) in [5.41, 5.74) is 1.18. The highest BCUT2D eigenvalue weighted by atomic mass is 19.1. The molecule has 1 heterocycles. The van der Waals surface area contributed by atoms with Crippen molar-refractivity contribution in [3.8, 4) is 5.75 Å². The Morgan fingerprint density at radius 2 is 1.92 bits per heavy atom. The van der Waals surface area contributed by atoms with Crippen LogP contribution in [0.4, 0.5) is 4.39 Å². The molecule has 0 aliphatic carbocycles. The fourth-order valence-corrected chi connectivity index (χ4v) is 2.74. The molecular weight excluding hydrogens is 309 g/mol. The van der Waals surface area contributed by atoms with Gasteiger partial charge < -0.3 is 14.4 Å². The summed E-state index contributed by atoms with van der Waals surface area (Å²) in [6.45, 7) is 1.39. The standard InChI is InChI=1S/C19H20FNO3/c20-17-8-4-5-9-18(17)24-14-19(22)21-10-11-23-16(13-21)12-15-6-2-1-3-7-15/h1-9,16H,10-14H2. The molecule has 0 saturated carbocycles. The van der Waals surface area contributed by atoms with Crippen LogP contribution in [0.15, 0.2) is 54.6 Å². The molecule has 5 heteroatoms. The number of nitrogens with zero attached hydrogens (tertiary/aromatic N) is 1. The van der Waals surface area contributed by atoms with Crippen LogP contribution in [0.2, 0.25) is 0 Å². The third-order valence-electron chi connectivity index (χ3n) is 3.99. The molecule has 0 bridgehead atoms. The summed E-state index contributed by atoms with van der Waals surface area (Å²) in [4.78, 5) is 14.0. The molecule has 0 N–H and O–H groups in total. The van der Waals surface area contributed by atoms with Gasteiger partial charge in [-0.3, -0.25) is 4.79 Å². The topological polar surface area (TPSA) is 38.8 Å². The van der Waals surface area contributed by atoms with Crippen molar-refractivity contribution in [3.63, 3.8) is 0 Å². The van der Waals surface area contributed by atoms with E-state index in [1.54, 1.807) is 17.0 Å². The van der Waals surface area contributed by atoms with Gasteiger partial charge in [0.15, 0.2) is 18.2 Å². The van der Waals surface area contributed by atoms with Gasteiger partial charge in [0, 0.05) is 19.5 Å². The maximum atomic E-state index is 13.5. The summed E-state index contributed by atoms with van der Waals surface area (Å²) < 4.78 is 24.6. The molecule has 3 rings (SSSR count). The summed E-state index contributed by atoms with van der Waals surface area (Å²) in [5.74, 6) is -0.520. The lowest BCUT2D eigenvalue weighted by Gasteiger charge is -2.33. The lowest BCUT2D eigenvalue weighted by atomic mass is 10.1. The second-order valence-electron chi connectivity index (χ2n) is 5.74. The van der Waals surface area contributed by atoms with Crippen molar-refractivity contribution >= 4 is 5.91 Å². The molecule has 0 spiro atoms. The number of amides is 1. The fourth-order valence-electron chi connectivity index (χ4n) is 2.74. The Balaban J connectivity index is 1.52. The quantitative estimate of drug-likeness (QED) is 0.846. The van der Waals surface area contributed by atoms with E-state index in [9.17, 15) is 9.18 Å². The number of benzene rings is 2.